The Labute approximate surface area is 115 Å². The van der Waals surface area contributed by atoms with Crippen LogP contribution in [-0.2, 0) is 14.8 Å². The number of nitrogens with one attached hydrogen (secondary N) is 1. The maximum Gasteiger partial charge on any atom is 0.303 e. The number of aliphatic carboxylic acids is 1. The molecule has 5 nitrogen and oxygen atoms in total. The van der Waals surface area contributed by atoms with Gasteiger partial charge in [0.05, 0.1) is 5.75 Å². The molecule has 0 heterocycles. The fourth-order valence-electron chi connectivity index (χ4n) is 2.24. The molecule has 0 amide bonds. The molecular formula is C13H25NO4S. The molecule has 0 aromatic heterocycles. The van der Waals surface area contributed by atoms with Gasteiger partial charge in [-0.2, -0.15) is 0 Å². The molecule has 1 saturated carbocycles. The van der Waals surface area contributed by atoms with Crippen molar-refractivity contribution in [3.63, 3.8) is 0 Å². The maximum absolute atomic E-state index is 11.7. The third-order valence-corrected chi connectivity index (χ3v) is 5.04. The number of rotatable bonds is 11. The first kappa shape index (κ1) is 16.4. The summed E-state index contributed by atoms with van der Waals surface area (Å²) in [6.45, 7) is 2.49. The molecule has 0 aliphatic heterocycles. The minimum absolute atomic E-state index is 0.166. The van der Waals surface area contributed by atoms with E-state index in [2.05, 4.69) is 11.6 Å². The van der Waals surface area contributed by atoms with E-state index in [9.17, 15) is 13.2 Å². The molecule has 1 fully saturated rings. The lowest BCUT2D eigenvalue weighted by Gasteiger charge is -2.15. The van der Waals surface area contributed by atoms with Gasteiger partial charge in [-0.05, 0) is 37.5 Å². The average Bonchev–Trinajstić information content (AvgIpc) is 3.08. The van der Waals surface area contributed by atoms with Crippen molar-refractivity contribution in [1.29, 1.82) is 0 Å². The van der Waals surface area contributed by atoms with Gasteiger partial charge in [0.25, 0.3) is 0 Å². The lowest BCUT2D eigenvalue weighted by Crippen LogP contribution is -2.29. The van der Waals surface area contributed by atoms with E-state index in [0.29, 0.717) is 24.8 Å². The van der Waals surface area contributed by atoms with Crippen molar-refractivity contribution in [2.24, 2.45) is 11.8 Å². The minimum atomic E-state index is -3.13. The molecule has 1 aliphatic carbocycles. The third kappa shape index (κ3) is 8.21. The van der Waals surface area contributed by atoms with Crippen LogP contribution in [-0.4, -0.2) is 31.8 Å². The second-order valence-corrected chi connectivity index (χ2v) is 7.35. The Bertz CT molecular complexity index is 376. The molecule has 112 valence electrons. The van der Waals surface area contributed by atoms with E-state index in [1.54, 1.807) is 0 Å². The fraction of sp³-hybridized carbons (Fsp3) is 0.923. The van der Waals surface area contributed by atoms with E-state index in [0.717, 1.165) is 32.1 Å². The van der Waals surface area contributed by atoms with Gasteiger partial charge in [0.1, 0.15) is 0 Å². The van der Waals surface area contributed by atoms with Crippen molar-refractivity contribution in [1.82, 2.24) is 4.72 Å². The molecule has 0 saturated heterocycles. The van der Waals surface area contributed by atoms with Crippen molar-refractivity contribution in [2.75, 3.05) is 12.3 Å². The van der Waals surface area contributed by atoms with Gasteiger partial charge >= 0.3 is 5.97 Å². The SMILES string of the molecule is CCCC(CCNS(=O)(=O)CC1CC1)CCC(=O)O. The van der Waals surface area contributed by atoms with Crippen LogP contribution in [0.1, 0.15) is 51.9 Å². The molecule has 19 heavy (non-hydrogen) atoms. The first-order chi connectivity index (χ1) is 8.93. The minimum Gasteiger partial charge on any atom is -0.481 e. The molecule has 0 aromatic rings. The molecule has 0 radical (unpaired) electrons. The normalized spacial score (nSPS) is 17.3. The highest BCUT2D eigenvalue weighted by atomic mass is 32.2. The number of carboxylic acids is 1. The second-order valence-electron chi connectivity index (χ2n) is 5.49. The maximum atomic E-state index is 11.7. The summed E-state index contributed by atoms with van der Waals surface area (Å²) < 4.78 is 26.0. The van der Waals surface area contributed by atoms with Crippen molar-refractivity contribution < 1.29 is 18.3 Å². The summed E-state index contributed by atoms with van der Waals surface area (Å²) in [5.74, 6) is 0.122. The van der Waals surface area contributed by atoms with Gasteiger partial charge in [-0.1, -0.05) is 19.8 Å². The Hall–Kier alpha value is -0.620. The van der Waals surface area contributed by atoms with Crippen molar-refractivity contribution >= 4 is 16.0 Å². The van der Waals surface area contributed by atoms with E-state index >= 15 is 0 Å². The van der Waals surface area contributed by atoms with E-state index in [-0.39, 0.29) is 12.2 Å². The Morgan fingerprint density at radius 1 is 1.32 bits per heavy atom. The Morgan fingerprint density at radius 3 is 2.53 bits per heavy atom. The average molecular weight is 291 g/mol. The quantitative estimate of drug-likeness (QED) is 0.610. The Kier molecular flexibility index (Phi) is 6.79. The third-order valence-electron chi connectivity index (χ3n) is 3.49. The largest absolute Gasteiger partial charge is 0.481 e. The molecule has 2 N–H and O–H groups in total. The zero-order valence-corrected chi connectivity index (χ0v) is 12.4. The van der Waals surface area contributed by atoms with Gasteiger partial charge in [0.15, 0.2) is 0 Å². The van der Waals surface area contributed by atoms with Gasteiger partial charge in [-0.3, -0.25) is 4.79 Å². The zero-order valence-electron chi connectivity index (χ0n) is 11.6. The topological polar surface area (TPSA) is 83.5 Å². The standard InChI is InChI=1S/C13H25NO4S/c1-2-3-11(6-7-13(15)16)8-9-14-19(17,18)10-12-4-5-12/h11-12,14H,2-10H2,1H3,(H,15,16). The molecule has 1 aliphatic rings. The van der Waals surface area contributed by atoms with Crippen LogP contribution in [0.2, 0.25) is 0 Å². The van der Waals surface area contributed by atoms with Gasteiger partial charge in [-0.15, -0.1) is 0 Å². The van der Waals surface area contributed by atoms with Crippen molar-refractivity contribution in [2.45, 2.75) is 51.9 Å². The number of carbonyl (C=O) groups is 1. The molecule has 0 aromatic carbocycles. The van der Waals surface area contributed by atoms with E-state index < -0.39 is 16.0 Å². The van der Waals surface area contributed by atoms with Crippen LogP contribution in [0, 0.1) is 11.8 Å². The van der Waals surface area contributed by atoms with Crippen molar-refractivity contribution in [3.8, 4) is 0 Å². The van der Waals surface area contributed by atoms with Gasteiger partial charge < -0.3 is 5.11 Å². The van der Waals surface area contributed by atoms with Gasteiger partial charge in [-0.25, -0.2) is 13.1 Å². The highest BCUT2D eigenvalue weighted by molar-refractivity contribution is 7.89. The smallest absolute Gasteiger partial charge is 0.303 e. The summed E-state index contributed by atoms with van der Waals surface area (Å²) in [6, 6.07) is 0. The Morgan fingerprint density at radius 2 is 2.00 bits per heavy atom. The lowest BCUT2D eigenvalue weighted by atomic mass is 9.95. The lowest BCUT2D eigenvalue weighted by molar-refractivity contribution is -0.137. The first-order valence-electron chi connectivity index (χ1n) is 7.12. The molecule has 1 unspecified atom stereocenters. The number of sulfonamides is 1. The second kappa shape index (κ2) is 7.85. The van der Waals surface area contributed by atoms with Crippen LogP contribution in [0.4, 0.5) is 0 Å². The van der Waals surface area contributed by atoms with E-state index in [1.165, 1.54) is 0 Å². The summed E-state index contributed by atoms with van der Waals surface area (Å²) in [4.78, 5) is 10.6. The van der Waals surface area contributed by atoms with Crippen LogP contribution in [0.25, 0.3) is 0 Å². The summed E-state index contributed by atoms with van der Waals surface area (Å²) in [5.41, 5.74) is 0. The van der Waals surface area contributed by atoms with Crippen molar-refractivity contribution in [3.05, 3.63) is 0 Å². The van der Waals surface area contributed by atoms with Crippen LogP contribution < -0.4 is 4.72 Å². The summed E-state index contributed by atoms with van der Waals surface area (Å²) in [5, 5.41) is 8.68. The zero-order chi connectivity index (χ0) is 14.3. The number of hydrogen-bond acceptors (Lipinski definition) is 3. The first-order valence-corrected chi connectivity index (χ1v) is 8.77. The summed E-state index contributed by atoms with van der Waals surface area (Å²) >= 11 is 0. The van der Waals surface area contributed by atoms with E-state index in [4.69, 9.17) is 5.11 Å². The van der Waals surface area contributed by atoms with Gasteiger partial charge in [0, 0.05) is 13.0 Å². The van der Waals surface area contributed by atoms with Gasteiger partial charge in [0.2, 0.25) is 10.0 Å². The molecule has 0 bridgehead atoms. The highest BCUT2D eigenvalue weighted by Gasteiger charge is 2.27. The summed E-state index contributed by atoms with van der Waals surface area (Å²) in [7, 11) is -3.13. The Balaban J connectivity index is 2.24. The summed E-state index contributed by atoms with van der Waals surface area (Å²) in [6.07, 6.45) is 5.53. The van der Waals surface area contributed by atoms with Crippen LogP contribution >= 0.6 is 0 Å². The molecule has 6 heteroatoms. The monoisotopic (exact) mass is 291 g/mol. The molecular weight excluding hydrogens is 266 g/mol. The van der Waals surface area contributed by atoms with E-state index in [1.807, 2.05) is 0 Å². The predicted octanol–water partition coefficient (Wildman–Crippen LogP) is 1.99. The predicted molar refractivity (Wildman–Crippen MR) is 74.4 cm³/mol. The molecule has 1 atom stereocenters. The van der Waals surface area contributed by atoms with Crippen LogP contribution in [0.3, 0.4) is 0 Å². The fourth-order valence-corrected chi connectivity index (χ4v) is 3.74. The molecule has 0 spiro atoms. The van der Waals surface area contributed by atoms with Crippen LogP contribution in [0.5, 0.6) is 0 Å². The number of hydrogen-bond donors (Lipinski definition) is 2. The number of carboxylic acid groups (broad SMARTS) is 1. The highest BCUT2D eigenvalue weighted by Crippen LogP contribution is 2.30. The molecule has 1 rings (SSSR count). The van der Waals surface area contributed by atoms with Crippen LogP contribution in [0.15, 0.2) is 0 Å².